The average molecular weight is 346 g/mol. The van der Waals surface area contributed by atoms with Crippen molar-refractivity contribution >= 4 is 17.9 Å². The largest absolute Gasteiger partial charge is 0.473 e. The quantitative estimate of drug-likeness (QED) is 0.845. The van der Waals surface area contributed by atoms with Gasteiger partial charge in [-0.3, -0.25) is 14.5 Å². The van der Waals surface area contributed by atoms with Gasteiger partial charge in [-0.05, 0) is 23.8 Å². The normalized spacial score (nSPS) is 18.7. The summed E-state index contributed by atoms with van der Waals surface area (Å²) in [6, 6.07) is 16.9. The number of nitrogens with one attached hydrogen (secondary N) is 1. The number of benzene rings is 2. The van der Waals surface area contributed by atoms with Gasteiger partial charge in [0.15, 0.2) is 6.23 Å². The smallest absolute Gasteiger partial charge is 0.261 e. The number of nitrogens with zero attached hydrogens (tertiary/aromatic N) is 1. The maximum Gasteiger partial charge on any atom is 0.261 e. The van der Waals surface area contributed by atoms with Gasteiger partial charge in [0.25, 0.3) is 11.8 Å². The Kier molecular flexibility index (Phi) is 4.27. The Morgan fingerprint density at radius 3 is 2.31 bits per heavy atom. The Labute approximate surface area is 151 Å². The lowest BCUT2D eigenvalue weighted by atomic mass is 10.1. The minimum Gasteiger partial charge on any atom is -0.473 e. The molecule has 2 amide bonds. The van der Waals surface area contributed by atoms with Crippen LogP contribution in [0.2, 0.25) is 0 Å². The summed E-state index contributed by atoms with van der Waals surface area (Å²) in [5, 5.41) is 3.24. The van der Waals surface area contributed by atoms with Crippen LogP contribution in [-0.2, 0) is 4.74 Å². The van der Waals surface area contributed by atoms with E-state index in [1.807, 2.05) is 42.5 Å². The number of carbonyl (C=O) groups excluding carboxylic acids is 2. The van der Waals surface area contributed by atoms with Gasteiger partial charge in [-0.15, -0.1) is 0 Å². The molecule has 2 aliphatic rings. The predicted molar refractivity (Wildman–Crippen MR) is 98.0 cm³/mol. The van der Waals surface area contributed by atoms with Crippen molar-refractivity contribution in [3.8, 4) is 0 Å². The summed E-state index contributed by atoms with van der Waals surface area (Å²) in [5.74, 6) is -0.462. The molecule has 0 fully saturated rings. The van der Waals surface area contributed by atoms with Crippen molar-refractivity contribution in [2.75, 3.05) is 6.54 Å². The zero-order valence-corrected chi connectivity index (χ0v) is 14.1. The molecule has 5 nitrogen and oxygen atoms in total. The summed E-state index contributed by atoms with van der Waals surface area (Å²) < 4.78 is 5.57. The monoisotopic (exact) mass is 346 g/mol. The molecular formula is C21H18N2O3. The van der Waals surface area contributed by atoms with Crippen LogP contribution in [0, 0.1) is 0 Å². The minimum atomic E-state index is -0.243. The number of hydrogen-bond donors (Lipinski definition) is 1. The van der Waals surface area contributed by atoms with Crippen LogP contribution in [0.15, 0.2) is 72.6 Å². The molecule has 2 heterocycles. The first-order valence-electron chi connectivity index (χ1n) is 8.52. The fraction of sp³-hybridized carbons (Fsp3) is 0.143. The summed E-state index contributed by atoms with van der Waals surface area (Å²) in [5.41, 5.74) is 2.92. The maximum absolute atomic E-state index is 12.4. The summed E-state index contributed by atoms with van der Waals surface area (Å²) in [7, 11) is 0. The van der Waals surface area contributed by atoms with Gasteiger partial charge in [0, 0.05) is 13.0 Å². The first-order valence-corrected chi connectivity index (χ1v) is 8.52. The molecule has 26 heavy (non-hydrogen) atoms. The van der Waals surface area contributed by atoms with Crippen molar-refractivity contribution in [2.45, 2.75) is 12.6 Å². The van der Waals surface area contributed by atoms with Gasteiger partial charge in [-0.2, -0.15) is 0 Å². The molecule has 2 aromatic rings. The van der Waals surface area contributed by atoms with Gasteiger partial charge >= 0.3 is 0 Å². The third-order valence-corrected chi connectivity index (χ3v) is 4.43. The van der Waals surface area contributed by atoms with Crippen LogP contribution in [0.4, 0.5) is 0 Å². The molecular weight excluding hydrogens is 328 g/mol. The van der Waals surface area contributed by atoms with E-state index in [1.165, 1.54) is 4.90 Å². The lowest BCUT2D eigenvalue weighted by Crippen LogP contribution is -2.32. The van der Waals surface area contributed by atoms with Crippen molar-refractivity contribution in [1.29, 1.82) is 0 Å². The van der Waals surface area contributed by atoms with Crippen LogP contribution in [0.3, 0.4) is 0 Å². The third-order valence-electron chi connectivity index (χ3n) is 4.43. The molecule has 0 saturated heterocycles. The Hall–Kier alpha value is -3.34. The number of fused-ring (bicyclic) bond motifs is 1. The van der Waals surface area contributed by atoms with E-state index >= 15 is 0 Å². The molecule has 0 saturated carbocycles. The van der Waals surface area contributed by atoms with E-state index in [9.17, 15) is 9.59 Å². The number of imide groups is 1. The van der Waals surface area contributed by atoms with Gasteiger partial charge in [0.05, 0.1) is 16.8 Å². The van der Waals surface area contributed by atoms with Crippen molar-refractivity contribution in [1.82, 2.24) is 10.2 Å². The molecule has 2 aromatic carbocycles. The van der Waals surface area contributed by atoms with Crippen LogP contribution in [-0.4, -0.2) is 29.5 Å². The molecule has 130 valence electrons. The standard InChI is InChI=1S/C21H18N2O3/c24-20-17-8-4-5-9-18(17)21(25)23(20)13-12-16-14-26-19(22-16)11-10-15-6-2-1-3-7-15/h1-11,14,19,22H,12-13H2/b11-10+. The second-order valence-electron chi connectivity index (χ2n) is 6.17. The van der Waals surface area contributed by atoms with E-state index in [4.69, 9.17) is 4.74 Å². The Bertz CT molecular complexity index is 867. The van der Waals surface area contributed by atoms with Crippen molar-refractivity contribution < 1.29 is 14.3 Å². The van der Waals surface area contributed by atoms with Gasteiger partial charge in [0.1, 0.15) is 6.26 Å². The molecule has 2 aliphatic heterocycles. The van der Waals surface area contributed by atoms with E-state index < -0.39 is 0 Å². The maximum atomic E-state index is 12.4. The highest BCUT2D eigenvalue weighted by Gasteiger charge is 2.34. The van der Waals surface area contributed by atoms with Crippen LogP contribution in [0.5, 0.6) is 0 Å². The lowest BCUT2D eigenvalue weighted by molar-refractivity contribution is 0.0655. The van der Waals surface area contributed by atoms with Crippen molar-refractivity contribution in [3.63, 3.8) is 0 Å². The van der Waals surface area contributed by atoms with Gasteiger partial charge in [0.2, 0.25) is 0 Å². The molecule has 1 N–H and O–H groups in total. The molecule has 1 atom stereocenters. The van der Waals surface area contributed by atoms with E-state index in [1.54, 1.807) is 30.5 Å². The van der Waals surface area contributed by atoms with Crippen molar-refractivity contribution in [2.24, 2.45) is 0 Å². The van der Waals surface area contributed by atoms with Gasteiger partial charge in [-0.25, -0.2) is 0 Å². The second kappa shape index (κ2) is 6.88. The first-order chi connectivity index (χ1) is 12.7. The van der Waals surface area contributed by atoms with Gasteiger partial charge < -0.3 is 10.1 Å². The number of carbonyl (C=O) groups is 2. The van der Waals surface area contributed by atoms with Crippen molar-refractivity contribution in [3.05, 3.63) is 89.3 Å². The summed E-state index contributed by atoms with van der Waals surface area (Å²) in [6.07, 6.45) is 5.85. The second-order valence-corrected chi connectivity index (χ2v) is 6.17. The summed E-state index contributed by atoms with van der Waals surface area (Å²) in [4.78, 5) is 26.0. The summed E-state index contributed by atoms with van der Waals surface area (Å²) >= 11 is 0. The SMILES string of the molecule is O=C1c2ccccc2C(=O)N1CCC1=COC(/C=C/c2ccccc2)N1. The molecule has 0 bridgehead atoms. The van der Waals surface area contributed by atoms with E-state index in [0.717, 1.165) is 11.3 Å². The molecule has 0 spiro atoms. The summed E-state index contributed by atoms with van der Waals surface area (Å²) in [6.45, 7) is 0.323. The molecule has 0 radical (unpaired) electrons. The Morgan fingerprint density at radius 2 is 1.62 bits per heavy atom. The van der Waals surface area contributed by atoms with Crippen LogP contribution in [0.25, 0.3) is 6.08 Å². The zero-order valence-electron chi connectivity index (χ0n) is 14.1. The van der Waals surface area contributed by atoms with E-state index in [-0.39, 0.29) is 18.0 Å². The van der Waals surface area contributed by atoms with Gasteiger partial charge in [-0.1, -0.05) is 48.5 Å². The molecule has 0 aromatic heterocycles. The van der Waals surface area contributed by atoms with Crippen LogP contribution < -0.4 is 5.32 Å². The topological polar surface area (TPSA) is 58.6 Å². The third kappa shape index (κ3) is 3.11. The fourth-order valence-corrected chi connectivity index (χ4v) is 3.07. The van der Waals surface area contributed by atoms with Crippen LogP contribution in [0.1, 0.15) is 32.7 Å². The lowest BCUT2D eigenvalue weighted by Gasteiger charge is -2.14. The Morgan fingerprint density at radius 1 is 0.962 bits per heavy atom. The average Bonchev–Trinajstić information content (AvgIpc) is 3.23. The molecule has 0 aliphatic carbocycles. The number of rotatable bonds is 5. The molecule has 4 rings (SSSR count). The Balaban J connectivity index is 1.32. The highest BCUT2D eigenvalue weighted by atomic mass is 16.5. The zero-order chi connectivity index (χ0) is 17.9. The highest BCUT2D eigenvalue weighted by molar-refractivity contribution is 6.21. The van der Waals surface area contributed by atoms with E-state index in [0.29, 0.717) is 24.1 Å². The van der Waals surface area contributed by atoms with E-state index in [2.05, 4.69) is 5.32 Å². The number of hydrogen-bond acceptors (Lipinski definition) is 4. The molecule has 1 unspecified atom stereocenters. The number of amides is 2. The van der Waals surface area contributed by atoms with Crippen LogP contribution >= 0.6 is 0 Å². The molecule has 5 heteroatoms. The fourth-order valence-electron chi connectivity index (χ4n) is 3.07. The predicted octanol–water partition coefficient (Wildman–Crippen LogP) is 3.17. The number of ether oxygens (including phenoxy) is 1. The highest BCUT2D eigenvalue weighted by Crippen LogP contribution is 2.23. The first kappa shape index (κ1) is 16.1. The minimum absolute atomic E-state index is 0.231.